The second-order valence-corrected chi connectivity index (χ2v) is 10.3. The number of nitrogens with one attached hydrogen (secondary N) is 1. The number of carbonyl (C=O) groups excluding carboxylic acids is 1. The minimum atomic E-state index is -3.65. The Morgan fingerprint density at radius 2 is 1.59 bits per heavy atom. The molecule has 1 aliphatic rings. The molecule has 6 nitrogen and oxygen atoms in total. The first-order valence-electron chi connectivity index (χ1n) is 11.2. The van der Waals surface area contributed by atoms with E-state index >= 15 is 0 Å². The molecule has 0 aliphatic carbocycles. The van der Waals surface area contributed by atoms with Crippen molar-refractivity contribution < 1.29 is 22.3 Å². The molecule has 1 N–H and O–H groups in total. The first-order valence-corrected chi connectivity index (χ1v) is 12.8. The van der Waals surface area contributed by atoms with E-state index in [0.29, 0.717) is 30.9 Å². The van der Waals surface area contributed by atoms with Crippen molar-refractivity contribution in [2.45, 2.75) is 25.2 Å². The van der Waals surface area contributed by atoms with Gasteiger partial charge in [-0.3, -0.25) is 4.79 Å². The Hall–Kier alpha value is -3.23. The quantitative estimate of drug-likeness (QED) is 0.510. The average molecular weight is 483 g/mol. The molecule has 34 heavy (non-hydrogen) atoms. The first kappa shape index (κ1) is 23.9. The topological polar surface area (TPSA) is 75.7 Å². The van der Waals surface area contributed by atoms with Crippen molar-refractivity contribution in [3.05, 3.63) is 95.8 Å². The lowest BCUT2D eigenvalue weighted by molar-refractivity contribution is -0.120. The van der Waals surface area contributed by atoms with Crippen molar-refractivity contribution in [3.8, 4) is 5.75 Å². The molecular weight excluding hydrogens is 455 g/mol. The number of hydrogen-bond acceptors (Lipinski definition) is 4. The number of benzene rings is 3. The van der Waals surface area contributed by atoms with Gasteiger partial charge in [0.05, 0.1) is 5.75 Å². The van der Waals surface area contributed by atoms with Gasteiger partial charge >= 0.3 is 0 Å². The van der Waals surface area contributed by atoms with Gasteiger partial charge < -0.3 is 10.1 Å². The minimum absolute atomic E-state index is 0.135. The summed E-state index contributed by atoms with van der Waals surface area (Å²) in [6, 6.07) is 22.9. The maximum Gasteiger partial charge on any atom is 0.227 e. The third-order valence-corrected chi connectivity index (χ3v) is 7.71. The Balaban J connectivity index is 1.26. The third-order valence-electron chi connectivity index (χ3n) is 5.88. The highest BCUT2D eigenvalue weighted by atomic mass is 32.2. The number of carbonyl (C=O) groups is 1. The molecule has 3 aromatic carbocycles. The number of rotatable bonds is 8. The minimum Gasteiger partial charge on any atom is -0.489 e. The average Bonchev–Trinajstić information content (AvgIpc) is 2.86. The van der Waals surface area contributed by atoms with E-state index in [9.17, 15) is 17.6 Å². The summed E-state index contributed by atoms with van der Waals surface area (Å²) < 4.78 is 46.4. The molecular formula is C26H27FN2O4S. The summed E-state index contributed by atoms with van der Waals surface area (Å²) in [6.45, 7) is 0.938. The van der Waals surface area contributed by atoms with E-state index in [0.717, 1.165) is 5.56 Å². The van der Waals surface area contributed by atoms with Gasteiger partial charge in [-0.1, -0.05) is 48.5 Å². The van der Waals surface area contributed by atoms with Crippen molar-refractivity contribution in [1.82, 2.24) is 4.31 Å². The van der Waals surface area contributed by atoms with Crippen LogP contribution in [-0.4, -0.2) is 31.7 Å². The molecule has 0 aromatic heterocycles. The van der Waals surface area contributed by atoms with Gasteiger partial charge in [-0.05, 0) is 48.7 Å². The van der Waals surface area contributed by atoms with Gasteiger partial charge in [0.15, 0.2) is 0 Å². The Labute approximate surface area is 199 Å². The maximum absolute atomic E-state index is 13.9. The molecule has 0 atom stereocenters. The SMILES string of the molecule is O=C(Nc1ccc(OCc2ccccc2)cc1)C1CCN(S(=O)(=O)Cc2ccccc2F)CC1. The smallest absolute Gasteiger partial charge is 0.227 e. The molecule has 0 unspecified atom stereocenters. The van der Waals surface area contributed by atoms with Gasteiger partial charge in [-0.25, -0.2) is 17.1 Å². The molecule has 178 valence electrons. The predicted molar refractivity (Wildman–Crippen MR) is 129 cm³/mol. The molecule has 1 saturated heterocycles. The van der Waals surface area contributed by atoms with Crippen LogP contribution in [0.3, 0.4) is 0 Å². The Kier molecular flexibility index (Phi) is 7.59. The fourth-order valence-electron chi connectivity index (χ4n) is 3.92. The molecule has 1 heterocycles. The zero-order valence-corrected chi connectivity index (χ0v) is 19.5. The van der Waals surface area contributed by atoms with E-state index in [1.54, 1.807) is 30.3 Å². The highest BCUT2D eigenvalue weighted by molar-refractivity contribution is 7.88. The van der Waals surface area contributed by atoms with Crippen LogP contribution < -0.4 is 10.1 Å². The molecule has 0 radical (unpaired) electrons. The largest absolute Gasteiger partial charge is 0.489 e. The molecule has 1 amide bonds. The second-order valence-electron chi connectivity index (χ2n) is 8.31. The van der Waals surface area contributed by atoms with Crippen LogP contribution in [0.2, 0.25) is 0 Å². The summed E-state index contributed by atoms with van der Waals surface area (Å²) in [4.78, 5) is 12.7. The molecule has 0 bridgehead atoms. The number of piperidine rings is 1. The van der Waals surface area contributed by atoms with E-state index < -0.39 is 15.8 Å². The summed E-state index contributed by atoms with van der Waals surface area (Å²) in [7, 11) is -3.65. The van der Waals surface area contributed by atoms with Crippen molar-refractivity contribution >= 4 is 21.6 Å². The number of sulfonamides is 1. The van der Waals surface area contributed by atoms with Crippen molar-refractivity contribution in [2.24, 2.45) is 5.92 Å². The fourth-order valence-corrected chi connectivity index (χ4v) is 5.50. The van der Waals surface area contributed by atoms with Gasteiger partial charge in [0.25, 0.3) is 0 Å². The van der Waals surface area contributed by atoms with Crippen LogP contribution in [0.5, 0.6) is 5.75 Å². The number of amides is 1. The Bertz CT molecular complexity index is 1210. The fraction of sp³-hybridized carbons (Fsp3) is 0.269. The summed E-state index contributed by atoms with van der Waals surface area (Å²) in [5, 5.41) is 2.90. The highest BCUT2D eigenvalue weighted by Gasteiger charge is 2.31. The van der Waals surface area contributed by atoms with E-state index in [2.05, 4.69) is 5.32 Å². The number of anilines is 1. The number of halogens is 1. The van der Waals surface area contributed by atoms with Gasteiger partial charge in [0.2, 0.25) is 15.9 Å². The van der Waals surface area contributed by atoms with E-state index in [1.165, 1.54) is 22.5 Å². The molecule has 1 aliphatic heterocycles. The lowest BCUT2D eigenvalue weighted by Gasteiger charge is -2.30. The third kappa shape index (κ3) is 6.21. The zero-order chi connectivity index (χ0) is 24.0. The monoisotopic (exact) mass is 482 g/mol. The molecule has 3 aromatic rings. The van der Waals surface area contributed by atoms with E-state index in [1.807, 2.05) is 30.3 Å². The standard InChI is InChI=1S/C26H27FN2O4S/c27-25-9-5-4-8-22(25)19-34(31,32)29-16-14-21(15-17-29)26(30)28-23-10-12-24(13-11-23)33-18-20-6-2-1-3-7-20/h1-13,21H,14-19H2,(H,28,30). The second kappa shape index (κ2) is 10.8. The molecule has 1 fully saturated rings. The Morgan fingerprint density at radius 3 is 2.26 bits per heavy atom. The van der Waals surface area contributed by atoms with Crippen molar-refractivity contribution in [2.75, 3.05) is 18.4 Å². The molecule has 0 saturated carbocycles. The van der Waals surface area contributed by atoms with Crippen LogP contribution in [0.4, 0.5) is 10.1 Å². The summed E-state index contributed by atoms with van der Waals surface area (Å²) in [5.41, 5.74) is 1.88. The van der Waals surface area contributed by atoms with E-state index in [4.69, 9.17) is 4.74 Å². The summed E-state index contributed by atoms with van der Waals surface area (Å²) in [6.07, 6.45) is 0.835. The van der Waals surface area contributed by atoms with Crippen LogP contribution in [-0.2, 0) is 27.2 Å². The highest BCUT2D eigenvalue weighted by Crippen LogP contribution is 2.24. The van der Waals surface area contributed by atoms with Crippen LogP contribution in [0.25, 0.3) is 0 Å². The number of ether oxygens (including phenoxy) is 1. The van der Waals surface area contributed by atoms with Crippen molar-refractivity contribution in [3.63, 3.8) is 0 Å². The molecule has 0 spiro atoms. The lowest BCUT2D eigenvalue weighted by Crippen LogP contribution is -2.42. The molecule has 4 rings (SSSR count). The normalized spacial score (nSPS) is 15.1. The maximum atomic E-state index is 13.9. The van der Waals surface area contributed by atoms with Gasteiger partial charge in [0.1, 0.15) is 18.2 Å². The zero-order valence-electron chi connectivity index (χ0n) is 18.7. The first-order chi connectivity index (χ1) is 16.4. The lowest BCUT2D eigenvalue weighted by atomic mass is 9.97. The van der Waals surface area contributed by atoms with Gasteiger partial charge in [-0.2, -0.15) is 0 Å². The number of nitrogens with zero attached hydrogens (tertiary/aromatic N) is 1. The van der Waals surface area contributed by atoms with Crippen LogP contribution in [0.15, 0.2) is 78.9 Å². The van der Waals surface area contributed by atoms with Crippen molar-refractivity contribution in [1.29, 1.82) is 0 Å². The van der Waals surface area contributed by atoms with Gasteiger partial charge in [-0.15, -0.1) is 0 Å². The Morgan fingerprint density at radius 1 is 0.941 bits per heavy atom. The summed E-state index contributed by atoms with van der Waals surface area (Å²) in [5.74, 6) is -0.625. The van der Waals surface area contributed by atoms with Crippen LogP contribution in [0, 0.1) is 11.7 Å². The number of hydrogen-bond donors (Lipinski definition) is 1. The predicted octanol–water partition coefficient (Wildman–Crippen LogP) is 4.59. The summed E-state index contributed by atoms with van der Waals surface area (Å²) >= 11 is 0. The van der Waals surface area contributed by atoms with Crippen LogP contribution >= 0.6 is 0 Å². The van der Waals surface area contributed by atoms with Gasteiger partial charge in [0, 0.05) is 30.3 Å². The van der Waals surface area contributed by atoms with E-state index in [-0.39, 0.29) is 36.2 Å². The van der Waals surface area contributed by atoms with Crippen LogP contribution in [0.1, 0.15) is 24.0 Å². The molecule has 8 heteroatoms.